The van der Waals surface area contributed by atoms with Crippen LogP contribution in [0.25, 0.3) is 0 Å². The molecule has 1 atom stereocenters. The number of hydrogen-bond acceptors (Lipinski definition) is 4. The molecule has 7 heteroatoms. The first-order chi connectivity index (χ1) is 10.0. The average molecular weight is 390 g/mol. The Labute approximate surface area is 142 Å². The summed E-state index contributed by atoms with van der Waals surface area (Å²) >= 11 is 11.6. The molecule has 0 saturated heterocycles. The summed E-state index contributed by atoms with van der Waals surface area (Å²) in [5.41, 5.74) is 4.88. The van der Waals surface area contributed by atoms with Gasteiger partial charge < -0.3 is 0 Å². The smallest absolute Gasteiger partial charge is 0.130 e. The summed E-state index contributed by atoms with van der Waals surface area (Å²) in [6.07, 6.45) is 0.756. The molecule has 0 spiro atoms. The van der Waals surface area contributed by atoms with Crippen molar-refractivity contribution in [3.63, 3.8) is 0 Å². The van der Waals surface area contributed by atoms with Gasteiger partial charge in [-0.05, 0) is 41.4 Å². The quantitative estimate of drug-likeness (QED) is 0.452. The first kappa shape index (κ1) is 16.8. The molecule has 0 aliphatic rings. The molecule has 0 aliphatic heterocycles. The Morgan fingerprint density at radius 1 is 1.48 bits per heavy atom. The molecule has 0 bridgehead atoms. The van der Waals surface area contributed by atoms with Crippen molar-refractivity contribution in [2.24, 2.45) is 12.9 Å². The highest BCUT2D eigenvalue weighted by molar-refractivity contribution is 9.10. The van der Waals surface area contributed by atoms with Crippen molar-refractivity contribution < 1.29 is 0 Å². The van der Waals surface area contributed by atoms with E-state index in [1.807, 2.05) is 32.2 Å². The number of nitrogens with zero attached hydrogens (tertiary/aromatic N) is 2. The van der Waals surface area contributed by atoms with Crippen molar-refractivity contribution in [2.45, 2.75) is 24.3 Å². The fourth-order valence-electron chi connectivity index (χ4n) is 2.07. The van der Waals surface area contributed by atoms with E-state index in [0.29, 0.717) is 5.15 Å². The second kappa shape index (κ2) is 7.65. The van der Waals surface area contributed by atoms with E-state index >= 15 is 0 Å². The molecule has 1 unspecified atom stereocenters. The van der Waals surface area contributed by atoms with Gasteiger partial charge in [0.25, 0.3) is 0 Å². The van der Waals surface area contributed by atoms with Crippen LogP contribution in [0.3, 0.4) is 0 Å². The Bertz CT molecular complexity index is 617. The van der Waals surface area contributed by atoms with E-state index in [2.05, 4.69) is 32.5 Å². The number of nitrogens with two attached hydrogens (primary N) is 1. The number of nitrogens with one attached hydrogen (secondary N) is 1. The number of aromatic nitrogens is 2. The van der Waals surface area contributed by atoms with Gasteiger partial charge in [0.2, 0.25) is 0 Å². The maximum atomic E-state index is 6.28. The van der Waals surface area contributed by atoms with Gasteiger partial charge in [-0.25, -0.2) is 0 Å². The van der Waals surface area contributed by atoms with Crippen LogP contribution in [0.2, 0.25) is 5.15 Å². The van der Waals surface area contributed by atoms with Crippen molar-refractivity contribution in [1.29, 1.82) is 0 Å². The van der Waals surface area contributed by atoms with E-state index in [9.17, 15) is 0 Å². The number of rotatable bonds is 6. The lowest BCUT2D eigenvalue weighted by Gasteiger charge is -2.16. The number of benzene rings is 1. The highest BCUT2D eigenvalue weighted by Crippen LogP contribution is 2.28. The summed E-state index contributed by atoms with van der Waals surface area (Å²) in [6.45, 7) is 1.97. The van der Waals surface area contributed by atoms with Crippen molar-refractivity contribution in [3.05, 3.63) is 45.1 Å². The number of aryl methyl sites for hydroxylation is 2. The first-order valence-corrected chi connectivity index (χ1v) is 8.70. The Morgan fingerprint density at radius 3 is 2.76 bits per heavy atom. The molecule has 1 aromatic heterocycles. The molecule has 2 aromatic rings. The Morgan fingerprint density at radius 2 is 2.19 bits per heavy atom. The summed E-state index contributed by atoms with van der Waals surface area (Å²) in [7, 11) is 1.85. The van der Waals surface area contributed by atoms with Crippen LogP contribution in [0.1, 0.15) is 11.3 Å². The Balaban J connectivity index is 2.02. The molecular weight excluding hydrogens is 372 g/mol. The number of hydrogen-bond donors (Lipinski definition) is 2. The van der Waals surface area contributed by atoms with Gasteiger partial charge in [0.05, 0.1) is 5.69 Å². The molecule has 0 aliphatic carbocycles. The minimum absolute atomic E-state index is 0.127. The van der Waals surface area contributed by atoms with E-state index in [0.717, 1.165) is 27.9 Å². The summed E-state index contributed by atoms with van der Waals surface area (Å²) in [5.74, 6) is 6.54. The van der Waals surface area contributed by atoms with Crippen LogP contribution in [0.5, 0.6) is 0 Å². The lowest BCUT2D eigenvalue weighted by molar-refractivity contribution is 0.574. The number of hydrazine groups is 1. The van der Waals surface area contributed by atoms with Gasteiger partial charge in [0, 0.05) is 33.8 Å². The van der Waals surface area contributed by atoms with Crippen LogP contribution in [0.15, 0.2) is 33.6 Å². The third-order valence-corrected chi connectivity index (χ3v) is 5.90. The van der Waals surface area contributed by atoms with Crippen LogP contribution < -0.4 is 11.3 Å². The van der Waals surface area contributed by atoms with Crippen molar-refractivity contribution in [3.8, 4) is 0 Å². The molecule has 114 valence electrons. The van der Waals surface area contributed by atoms with E-state index in [1.54, 1.807) is 16.4 Å². The molecule has 21 heavy (non-hydrogen) atoms. The predicted octanol–water partition coefficient (Wildman–Crippen LogP) is 3.31. The molecule has 1 heterocycles. The van der Waals surface area contributed by atoms with Crippen molar-refractivity contribution in [1.82, 2.24) is 15.2 Å². The molecule has 3 N–H and O–H groups in total. The lowest BCUT2D eigenvalue weighted by Crippen LogP contribution is -2.38. The topological polar surface area (TPSA) is 55.9 Å². The van der Waals surface area contributed by atoms with Crippen LogP contribution in [0, 0.1) is 6.92 Å². The van der Waals surface area contributed by atoms with Gasteiger partial charge in [0.15, 0.2) is 0 Å². The molecular formula is C14H18BrClN4S. The number of halogens is 2. The van der Waals surface area contributed by atoms with Gasteiger partial charge in [-0.3, -0.25) is 16.0 Å². The molecule has 0 fully saturated rings. The highest BCUT2D eigenvalue weighted by atomic mass is 79.9. The maximum Gasteiger partial charge on any atom is 0.130 e. The van der Waals surface area contributed by atoms with Gasteiger partial charge in [-0.2, -0.15) is 5.10 Å². The number of thioether (sulfide) groups is 1. The Hall–Kier alpha value is -0.530. The lowest BCUT2D eigenvalue weighted by atomic mass is 10.1. The summed E-state index contributed by atoms with van der Waals surface area (Å²) in [5, 5.41) is 5.01. The maximum absolute atomic E-state index is 6.28. The first-order valence-electron chi connectivity index (χ1n) is 6.54. The van der Waals surface area contributed by atoms with Gasteiger partial charge >= 0.3 is 0 Å². The zero-order chi connectivity index (χ0) is 15.4. The zero-order valence-corrected chi connectivity index (χ0v) is 15.1. The third kappa shape index (κ3) is 4.23. The standard InChI is InChI=1S/C14H18BrClN4S/c1-9-11(14(16)20(2)19-9)7-10(18-17)8-21-13-6-4-3-5-12(13)15/h3-6,10,18H,7-8,17H2,1-2H3. The summed E-state index contributed by atoms with van der Waals surface area (Å²) < 4.78 is 2.79. The molecule has 0 amide bonds. The van der Waals surface area contributed by atoms with Crippen LogP contribution in [0.4, 0.5) is 0 Å². The molecule has 1 aromatic carbocycles. The van der Waals surface area contributed by atoms with Crippen molar-refractivity contribution in [2.75, 3.05) is 5.75 Å². The van der Waals surface area contributed by atoms with E-state index in [4.69, 9.17) is 17.4 Å². The second-order valence-corrected chi connectivity index (χ2v) is 7.06. The van der Waals surface area contributed by atoms with E-state index < -0.39 is 0 Å². The van der Waals surface area contributed by atoms with E-state index in [1.165, 1.54) is 4.90 Å². The highest BCUT2D eigenvalue weighted by Gasteiger charge is 2.17. The molecule has 2 rings (SSSR count). The van der Waals surface area contributed by atoms with Crippen LogP contribution in [-0.4, -0.2) is 21.6 Å². The molecule has 0 saturated carbocycles. The third-order valence-electron chi connectivity index (χ3n) is 3.23. The van der Waals surface area contributed by atoms with Gasteiger partial charge in [-0.15, -0.1) is 11.8 Å². The van der Waals surface area contributed by atoms with E-state index in [-0.39, 0.29) is 6.04 Å². The fraction of sp³-hybridized carbons (Fsp3) is 0.357. The minimum atomic E-state index is 0.127. The van der Waals surface area contributed by atoms with Crippen molar-refractivity contribution >= 4 is 39.3 Å². The van der Waals surface area contributed by atoms with Crippen LogP contribution in [-0.2, 0) is 13.5 Å². The monoisotopic (exact) mass is 388 g/mol. The molecule has 4 nitrogen and oxygen atoms in total. The predicted molar refractivity (Wildman–Crippen MR) is 92.6 cm³/mol. The summed E-state index contributed by atoms with van der Waals surface area (Å²) in [6, 6.07) is 8.29. The summed E-state index contributed by atoms with van der Waals surface area (Å²) in [4.78, 5) is 1.20. The fourth-order valence-corrected chi connectivity index (χ4v) is 3.93. The normalized spacial score (nSPS) is 12.6. The zero-order valence-electron chi connectivity index (χ0n) is 11.9. The molecule has 0 radical (unpaired) electrons. The minimum Gasteiger partial charge on any atom is -0.271 e. The van der Waals surface area contributed by atoms with Gasteiger partial charge in [-0.1, -0.05) is 23.7 Å². The largest absolute Gasteiger partial charge is 0.271 e. The van der Waals surface area contributed by atoms with Crippen LogP contribution >= 0.6 is 39.3 Å². The van der Waals surface area contributed by atoms with Gasteiger partial charge in [0.1, 0.15) is 5.15 Å². The average Bonchev–Trinajstić information content (AvgIpc) is 2.70. The SMILES string of the molecule is Cc1nn(C)c(Cl)c1CC(CSc1ccccc1Br)NN. The Kier molecular flexibility index (Phi) is 6.13. The second-order valence-electron chi connectivity index (χ2n) is 4.79.